The summed E-state index contributed by atoms with van der Waals surface area (Å²) in [5.74, 6) is 1.62. The van der Waals surface area contributed by atoms with Crippen LogP contribution in [0.1, 0.15) is 22.9 Å². The second kappa shape index (κ2) is 5.05. The first-order valence-electron chi connectivity index (χ1n) is 7.57. The Bertz CT molecular complexity index is 716. The van der Waals surface area contributed by atoms with Gasteiger partial charge in [-0.05, 0) is 49.1 Å². The summed E-state index contributed by atoms with van der Waals surface area (Å²) < 4.78 is 6.07. The Morgan fingerprint density at radius 2 is 1.67 bits per heavy atom. The van der Waals surface area contributed by atoms with E-state index in [2.05, 4.69) is 47.8 Å². The maximum absolute atomic E-state index is 6.07. The van der Waals surface area contributed by atoms with Crippen molar-refractivity contribution in [3.05, 3.63) is 71.5 Å². The molecular formula is C19H19NO. The van der Waals surface area contributed by atoms with Gasteiger partial charge in [-0.2, -0.15) is 0 Å². The zero-order valence-electron chi connectivity index (χ0n) is 12.2. The maximum atomic E-state index is 6.07. The van der Waals surface area contributed by atoms with Gasteiger partial charge in [0.15, 0.2) is 0 Å². The van der Waals surface area contributed by atoms with Gasteiger partial charge in [-0.15, -0.1) is 0 Å². The van der Waals surface area contributed by atoms with Crippen molar-refractivity contribution >= 4 is 11.0 Å². The number of para-hydroxylation sites is 1. The summed E-state index contributed by atoms with van der Waals surface area (Å²) in [6, 6.07) is 19.4. The Kier molecular flexibility index (Phi) is 3.04. The third-order valence-electron chi connectivity index (χ3n) is 4.62. The molecule has 2 heteroatoms. The van der Waals surface area contributed by atoms with Crippen molar-refractivity contribution in [1.82, 2.24) is 5.32 Å². The van der Waals surface area contributed by atoms with E-state index in [1.807, 2.05) is 19.2 Å². The van der Waals surface area contributed by atoms with Gasteiger partial charge in [0.25, 0.3) is 0 Å². The second-order valence-electron chi connectivity index (χ2n) is 5.89. The summed E-state index contributed by atoms with van der Waals surface area (Å²) in [5, 5.41) is 4.65. The minimum atomic E-state index is 0.268. The van der Waals surface area contributed by atoms with E-state index in [9.17, 15) is 0 Å². The van der Waals surface area contributed by atoms with Gasteiger partial charge >= 0.3 is 0 Å². The number of hydrogen-bond donors (Lipinski definition) is 1. The molecule has 1 aliphatic rings. The van der Waals surface area contributed by atoms with Crippen LogP contribution in [0.25, 0.3) is 11.0 Å². The fourth-order valence-corrected chi connectivity index (χ4v) is 3.59. The number of hydrogen-bond acceptors (Lipinski definition) is 2. The van der Waals surface area contributed by atoms with Crippen LogP contribution in [0, 0.1) is 5.92 Å². The van der Waals surface area contributed by atoms with Crippen molar-refractivity contribution in [3.8, 4) is 0 Å². The topological polar surface area (TPSA) is 25.2 Å². The average molecular weight is 277 g/mol. The molecule has 1 aliphatic carbocycles. The largest absolute Gasteiger partial charge is 0.459 e. The molecule has 1 atom stereocenters. The van der Waals surface area contributed by atoms with Crippen LogP contribution < -0.4 is 5.32 Å². The van der Waals surface area contributed by atoms with Crippen molar-refractivity contribution in [2.45, 2.75) is 18.9 Å². The highest BCUT2D eigenvalue weighted by Gasteiger charge is 2.30. The Morgan fingerprint density at radius 1 is 1.00 bits per heavy atom. The molecule has 0 fully saturated rings. The minimum Gasteiger partial charge on any atom is -0.459 e. The highest BCUT2D eigenvalue weighted by atomic mass is 16.3. The summed E-state index contributed by atoms with van der Waals surface area (Å²) in [6.07, 6.45) is 2.25. The predicted octanol–water partition coefficient (Wildman–Crippen LogP) is 4.11. The van der Waals surface area contributed by atoms with Gasteiger partial charge in [-0.25, -0.2) is 0 Å². The third kappa shape index (κ3) is 2.16. The van der Waals surface area contributed by atoms with Crippen LogP contribution in [-0.4, -0.2) is 7.05 Å². The van der Waals surface area contributed by atoms with Gasteiger partial charge in [-0.1, -0.05) is 42.5 Å². The molecule has 0 aliphatic heterocycles. The molecule has 0 radical (unpaired) electrons. The fraction of sp³-hybridized carbons (Fsp3) is 0.263. The maximum Gasteiger partial charge on any atom is 0.134 e. The molecule has 2 aromatic carbocycles. The molecule has 1 unspecified atom stereocenters. The number of nitrogens with one attached hydrogen (secondary N) is 1. The van der Waals surface area contributed by atoms with E-state index in [4.69, 9.17) is 4.42 Å². The van der Waals surface area contributed by atoms with Crippen molar-refractivity contribution in [3.63, 3.8) is 0 Å². The summed E-state index contributed by atoms with van der Waals surface area (Å²) in [7, 11) is 2.03. The molecule has 3 aromatic rings. The van der Waals surface area contributed by atoms with E-state index in [1.165, 1.54) is 16.5 Å². The lowest BCUT2D eigenvalue weighted by Gasteiger charge is -2.20. The Hall–Kier alpha value is -2.06. The van der Waals surface area contributed by atoms with Gasteiger partial charge in [0, 0.05) is 5.39 Å². The molecule has 2 nitrogen and oxygen atoms in total. The molecule has 0 amide bonds. The second-order valence-corrected chi connectivity index (χ2v) is 5.89. The van der Waals surface area contributed by atoms with Gasteiger partial charge in [-0.3, -0.25) is 0 Å². The third-order valence-corrected chi connectivity index (χ3v) is 4.62. The molecule has 106 valence electrons. The van der Waals surface area contributed by atoms with Gasteiger partial charge in [0.1, 0.15) is 11.3 Å². The minimum absolute atomic E-state index is 0.268. The summed E-state index contributed by atoms with van der Waals surface area (Å²) in [4.78, 5) is 0. The normalized spacial score (nSPS) is 16.2. The van der Waals surface area contributed by atoms with Crippen LogP contribution in [0.3, 0.4) is 0 Å². The summed E-state index contributed by atoms with van der Waals surface area (Å²) in [6.45, 7) is 0. The van der Waals surface area contributed by atoms with E-state index in [0.717, 1.165) is 24.2 Å². The standard InChI is InChI=1S/C19H19NO/c1-20-19(16-10-13-6-2-3-7-14(13)11-16)18-12-15-8-4-5-9-17(15)21-18/h2-9,12,16,19-20H,10-11H2,1H3. The number of fused-ring (bicyclic) bond motifs is 2. The number of benzene rings is 2. The molecular weight excluding hydrogens is 258 g/mol. The molecule has 21 heavy (non-hydrogen) atoms. The SMILES string of the molecule is CNC(c1cc2ccccc2o1)C1Cc2ccccc2C1. The van der Waals surface area contributed by atoms with Gasteiger partial charge in [0.05, 0.1) is 6.04 Å². The molecule has 0 saturated heterocycles. The fourth-order valence-electron chi connectivity index (χ4n) is 3.59. The van der Waals surface area contributed by atoms with Crippen LogP contribution in [0.4, 0.5) is 0 Å². The quantitative estimate of drug-likeness (QED) is 0.779. The van der Waals surface area contributed by atoms with E-state index >= 15 is 0 Å². The predicted molar refractivity (Wildman–Crippen MR) is 85.4 cm³/mol. The first kappa shape index (κ1) is 12.7. The lowest BCUT2D eigenvalue weighted by molar-refractivity contribution is 0.341. The number of rotatable bonds is 3. The average Bonchev–Trinajstić information content (AvgIpc) is 3.11. The van der Waals surface area contributed by atoms with Crippen LogP contribution in [0.2, 0.25) is 0 Å². The Morgan fingerprint density at radius 3 is 2.33 bits per heavy atom. The molecule has 1 N–H and O–H groups in total. The zero-order valence-corrected chi connectivity index (χ0v) is 12.2. The number of furan rings is 1. The van der Waals surface area contributed by atoms with E-state index in [0.29, 0.717) is 5.92 Å². The van der Waals surface area contributed by atoms with E-state index < -0.39 is 0 Å². The van der Waals surface area contributed by atoms with Gasteiger partial charge in [0.2, 0.25) is 0 Å². The molecule has 1 aromatic heterocycles. The summed E-state index contributed by atoms with van der Waals surface area (Å²) in [5.41, 5.74) is 3.95. The molecule has 0 spiro atoms. The molecule has 0 saturated carbocycles. The highest BCUT2D eigenvalue weighted by molar-refractivity contribution is 5.77. The molecule has 1 heterocycles. The first-order valence-corrected chi connectivity index (χ1v) is 7.57. The van der Waals surface area contributed by atoms with Crippen molar-refractivity contribution < 1.29 is 4.42 Å². The lowest BCUT2D eigenvalue weighted by atomic mass is 9.94. The Labute approximate surface area is 124 Å². The smallest absolute Gasteiger partial charge is 0.134 e. The van der Waals surface area contributed by atoms with Crippen LogP contribution in [0.5, 0.6) is 0 Å². The van der Waals surface area contributed by atoms with Crippen LogP contribution in [-0.2, 0) is 12.8 Å². The molecule has 4 rings (SSSR count). The van der Waals surface area contributed by atoms with E-state index in [-0.39, 0.29) is 6.04 Å². The highest BCUT2D eigenvalue weighted by Crippen LogP contribution is 2.36. The Balaban J connectivity index is 1.66. The lowest BCUT2D eigenvalue weighted by Crippen LogP contribution is -2.25. The first-order chi connectivity index (χ1) is 10.3. The van der Waals surface area contributed by atoms with Crippen molar-refractivity contribution in [2.75, 3.05) is 7.05 Å². The summed E-state index contributed by atoms with van der Waals surface area (Å²) >= 11 is 0. The van der Waals surface area contributed by atoms with Gasteiger partial charge < -0.3 is 9.73 Å². The zero-order chi connectivity index (χ0) is 14.2. The van der Waals surface area contributed by atoms with Crippen LogP contribution >= 0.6 is 0 Å². The van der Waals surface area contributed by atoms with Crippen molar-refractivity contribution in [2.24, 2.45) is 5.92 Å². The molecule has 0 bridgehead atoms. The van der Waals surface area contributed by atoms with Crippen LogP contribution in [0.15, 0.2) is 59.0 Å². The van der Waals surface area contributed by atoms with Crippen molar-refractivity contribution in [1.29, 1.82) is 0 Å². The monoisotopic (exact) mass is 277 g/mol. The van der Waals surface area contributed by atoms with E-state index in [1.54, 1.807) is 0 Å².